The van der Waals surface area contributed by atoms with Gasteiger partial charge in [0, 0.05) is 19.2 Å². The first kappa shape index (κ1) is 28.5. The molecule has 9 heteroatoms. The summed E-state index contributed by atoms with van der Waals surface area (Å²) in [6, 6.07) is -2.08. The molecule has 0 aromatic rings. The van der Waals surface area contributed by atoms with Gasteiger partial charge in [0.05, 0.1) is 12.6 Å². The maximum Gasteiger partial charge on any atom is 0.407 e. The zero-order valence-electron chi connectivity index (χ0n) is 21.3. The number of carbonyl (C=O) groups is 4. The molecule has 1 aliphatic rings. The third kappa shape index (κ3) is 7.75. The SMILES string of the molecule is CCOC(=O)/C(C)=C/C(C(C)C)N(C)C(=O)C(NC(=O)C1CCCCN1C(=O)O)C(C)(C)C. The van der Waals surface area contributed by atoms with E-state index in [9.17, 15) is 24.3 Å². The Labute approximate surface area is 197 Å². The van der Waals surface area contributed by atoms with Crippen LogP contribution >= 0.6 is 0 Å². The number of likely N-dealkylation sites (tertiary alicyclic amines) is 1. The predicted molar refractivity (Wildman–Crippen MR) is 126 cm³/mol. The van der Waals surface area contributed by atoms with Crippen molar-refractivity contribution in [2.24, 2.45) is 11.3 Å². The summed E-state index contributed by atoms with van der Waals surface area (Å²) in [4.78, 5) is 53.0. The van der Waals surface area contributed by atoms with Crippen molar-refractivity contribution < 1.29 is 29.0 Å². The van der Waals surface area contributed by atoms with E-state index in [-0.39, 0.29) is 18.4 Å². The number of nitrogens with zero attached hydrogens (tertiary/aromatic N) is 2. The third-order valence-electron chi connectivity index (χ3n) is 5.95. The van der Waals surface area contributed by atoms with Gasteiger partial charge in [-0.1, -0.05) is 40.7 Å². The zero-order valence-corrected chi connectivity index (χ0v) is 21.3. The minimum Gasteiger partial charge on any atom is -0.465 e. The molecule has 1 rings (SSSR count). The van der Waals surface area contributed by atoms with Crippen LogP contribution in [0.1, 0.15) is 67.7 Å². The molecule has 3 amide bonds. The third-order valence-corrected chi connectivity index (χ3v) is 5.95. The van der Waals surface area contributed by atoms with Crippen molar-refractivity contribution in [2.45, 2.75) is 85.9 Å². The van der Waals surface area contributed by atoms with Crippen LogP contribution in [0.15, 0.2) is 11.6 Å². The van der Waals surface area contributed by atoms with E-state index in [1.165, 1.54) is 0 Å². The highest BCUT2D eigenvalue weighted by atomic mass is 16.5. The minimum atomic E-state index is -1.13. The Morgan fingerprint density at radius 2 is 1.82 bits per heavy atom. The second-order valence-electron chi connectivity index (χ2n) is 10.0. The van der Waals surface area contributed by atoms with Gasteiger partial charge in [0.25, 0.3) is 0 Å². The Morgan fingerprint density at radius 3 is 2.30 bits per heavy atom. The molecule has 188 valence electrons. The topological polar surface area (TPSA) is 116 Å². The molecule has 0 radical (unpaired) electrons. The number of esters is 1. The highest BCUT2D eigenvalue weighted by Gasteiger charge is 2.40. The smallest absolute Gasteiger partial charge is 0.407 e. The first-order valence-electron chi connectivity index (χ1n) is 11.6. The summed E-state index contributed by atoms with van der Waals surface area (Å²) >= 11 is 0. The lowest BCUT2D eigenvalue weighted by Crippen LogP contribution is -2.60. The van der Waals surface area contributed by atoms with Gasteiger partial charge in [-0.2, -0.15) is 0 Å². The van der Waals surface area contributed by atoms with Crippen molar-refractivity contribution in [1.29, 1.82) is 0 Å². The Hall–Kier alpha value is -2.58. The number of carboxylic acid groups (broad SMARTS) is 1. The standard InChI is InChI=1S/C24H41N3O6/c1-9-33-22(30)16(4)14-18(15(2)3)26(8)21(29)19(24(5,6)7)25-20(28)17-12-10-11-13-27(17)23(31)32/h14-15,17-19H,9-13H2,1-8H3,(H,25,28)(H,31,32)/b16-14+. The van der Waals surface area contributed by atoms with Gasteiger partial charge in [-0.3, -0.25) is 14.5 Å². The van der Waals surface area contributed by atoms with Gasteiger partial charge in [-0.05, 0) is 44.4 Å². The molecule has 1 saturated heterocycles. The number of ether oxygens (including phenoxy) is 1. The van der Waals surface area contributed by atoms with Crippen LogP contribution in [0, 0.1) is 11.3 Å². The summed E-state index contributed by atoms with van der Waals surface area (Å²) in [7, 11) is 1.65. The van der Waals surface area contributed by atoms with Crippen LogP contribution < -0.4 is 5.32 Å². The average Bonchev–Trinajstić information content (AvgIpc) is 2.73. The molecule has 3 unspecified atom stereocenters. The van der Waals surface area contributed by atoms with Gasteiger partial charge in [0.2, 0.25) is 11.8 Å². The number of likely N-dealkylation sites (N-methyl/N-ethyl adjacent to an activating group) is 1. The minimum absolute atomic E-state index is 0.000456. The fourth-order valence-electron chi connectivity index (χ4n) is 3.99. The number of nitrogens with one attached hydrogen (secondary N) is 1. The van der Waals surface area contributed by atoms with Crippen LogP contribution in [-0.2, 0) is 19.1 Å². The highest BCUT2D eigenvalue weighted by Crippen LogP contribution is 2.25. The number of hydrogen-bond donors (Lipinski definition) is 2. The lowest BCUT2D eigenvalue weighted by Gasteiger charge is -2.39. The van der Waals surface area contributed by atoms with E-state index in [0.29, 0.717) is 25.0 Å². The average molecular weight is 468 g/mol. The van der Waals surface area contributed by atoms with E-state index in [1.807, 2.05) is 34.6 Å². The van der Waals surface area contributed by atoms with Crippen molar-refractivity contribution >= 4 is 23.9 Å². The van der Waals surface area contributed by atoms with E-state index in [2.05, 4.69) is 5.32 Å². The summed E-state index contributed by atoms with van der Waals surface area (Å²) < 4.78 is 5.06. The molecule has 0 spiro atoms. The molecule has 0 bridgehead atoms. The lowest BCUT2D eigenvalue weighted by molar-refractivity contribution is -0.141. The Balaban J connectivity index is 3.16. The van der Waals surface area contributed by atoms with E-state index >= 15 is 0 Å². The van der Waals surface area contributed by atoms with Crippen LogP contribution in [0.5, 0.6) is 0 Å². The Morgan fingerprint density at radius 1 is 1.21 bits per heavy atom. The van der Waals surface area contributed by atoms with E-state index in [1.54, 1.807) is 31.9 Å². The molecule has 0 aliphatic carbocycles. The van der Waals surface area contributed by atoms with Crippen LogP contribution in [0.25, 0.3) is 0 Å². The lowest BCUT2D eigenvalue weighted by atomic mass is 9.84. The normalized spacial score (nSPS) is 19.0. The first-order valence-corrected chi connectivity index (χ1v) is 11.6. The highest BCUT2D eigenvalue weighted by molar-refractivity contribution is 5.92. The fourth-order valence-corrected chi connectivity index (χ4v) is 3.99. The molecule has 3 atom stereocenters. The molecule has 1 heterocycles. The van der Waals surface area contributed by atoms with Gasteiger partial charge in [-0.15, -0.1) is 0 Å². The number of hydrogen-bond acceptors (Lipinski definition) is 5. The van der Waals surface area contributed by atoms with Gasteiger partial charge < -0.3 is 20.1 Å². The molecular weight excluding hydrogens is 426 g/mol. The van der Waals surface area contributed by atoms with E-state index in [4.69, 9.17) is 4.74 Å². The van der Waals surface area contributed by atoms with Crippen LogP contribution in [0.3, 0.4) is 0 Å². The van der Waals surface area contributed by atoms with Gasteiger partial charge in [-0.25, -0.2) is 9.59 Å². The van der Waals surface area contributed by atoms with Crippen molar-refractivity contribution in [3.8, 4) is 0 Å². The summed E-state index contributed by atoms with van der Waals surface area (Å²) in [5.41, 5.74) is -0.212. The summed E-state index contributed by atoms with van der Waals surface area (Å²) in [5.74, 6) is -1.20. The Bertz CT molecular complexity index is 756. The van der Waals surface area contributed by atoms with Crippen molar-refractivity contribution in [3.05, 3.63) is 11.6 Å². The summed E-state index contributed by atoms with van der Waals surface area (Å²) in [5, 5.41) is 12.3. The quantitative estimate of drug-likeness (QED) is 0.419. The number of carbonyl (C=O) groups excluding carboxylic acids is 3. The molecule has 2 N–H and O–H groups in total. The maximum absolute atomic E-state index is 13.6. The predicted octanol–water partition coefficient (Wildman–Crippen LogP) is 3.04. The first-order chi connectivity index (χ1) is 15.2. The molecule has 0 aromatic heterocycles. The number of rotatable bonds is 8. The molecular formula is C24H41N3O6. The molecule has 9 nitrogen and oxygen atoms in total. The number of piperidine rings is 1. The Kier molecular flexibility index (Phi) is 10.4. The summed E-state index contributed by atoms with van der Waals surface area (Å²) in [6.45, 7) is 13.4. The van der Waals surface area contributed by atoms with Crippen molar-refractivity contribution in [3.63, 3.8) is 0 Å². The van der Waals surface area contributed by atoms with Crippen LogP contribution in [-0.4, -0.2) is 77.1 Å². The summed E-state index contributed by atoms with van der Waals surface area (Å²) in [6.07, 6.45) is 2.47. The molecule has 33 heavy (non-hydrogen) atoms. The van der Waals surface area contributed by atoms with E-state index < -0.39 is 41.5 Å². The van der Waals surface area contributed by atoms with E-state index in [0.717, 1.165) is 11.3 Å². The zero-order chi connectivity index (χ0) is 25.5. The molecule has 1 fully saturated rings. The van der Waals surface area contributed by atoms with Crippen LogP contribution in [0.4, 0.5) is 4.79 Å². The molecule has 0 saturated carbocycles. The van der Waals surface area contributed by atoms with Crippen LogP contribution in [0.2, 0.25) is 0 Å². The maximum atomic E-state index is 13.6. The van der Waals surface area contributed by atoms with Gasteiger partial charge in [0.15, 0.2) is 0 Å². The second-order valence-corrected chi connectivity index (χ2v) is 10.0. The monoisotopic (exact) mass is 467 g/mol. The molecule has 1 aliphatic heterocycles. The van der Waals surface area contributed by atoms with Crippen molar-refractivity contribution in [1.82, 2.24) is 15.1 Å². The second kappa shape index (κ2) is 12.0. The number of amides is 3. The van der Waals surface area contributed by atoms with Crippen molar-refractivity contribution in [2.75, 3.05) is 20.2 Å². The van der Waals surface area contributed by atoms with Gasteiger partial charge in [0.1, 0.15) is 12.1 Å². The largest absolute Gasteiger partial charge is 0.465 e. The fraction of sp³-hybridized carbons (Fsp3) is 0.750. The van der Waals surface area contributed by atoms with Gasteiger partial charge >= 0.3 is 12.1 Å². The molecule has 0 aromatic carbocycles.